The van der Waals surface area contributed by atoms with E-state index >= 15 is 0 Å². The highest BCUT2D eigenvalue weighted by atomic mass is 79.9. The lowest BCUT2D eigenvalue weighted by Crippen LogP contribution is -2.46. The summed E-state index contributed by atoms with van der Waals surface area (Å²) in [4.78, 5) is 0. The van der Waals surface area contributed by atoms with E-state index < -0.39 is 9.04 Å². The Morgan fingerprint density at radius 3 is 2.22 bits per heavy atom. The summed E-state index contributed by atoms with van der Waals surface area (Å²) < 4.78 is 7.88. The van der Waals surface area contributed by atoms with E-state index in [-0.39, 0.29) is 5.41 Å². The van der Waals surface area contributed by atoms with E-state index in [9.17, 15) is 0 Å². The SMILES string of the molecule is CC(C)(C)c1ccc([Si](OCC2CCNC(c3ccc(Br)cc3)C2)c2ccccc2)cc1. The molecule has 1 saturated heterocycles. The number of benzene rings is 3. The highest BCUT2D eigenvalue weighted by Gasteiger charge is 2.26. The van der Waals surface area contributed by atoms with E-state index in [1.54, 1.807) is 0 Å². The van der Waals surface area contributed by atoms with Gasteiger partial charge >= 0.3 is 0 Å². The van der Waals surface area contributed by atoms with Gasteiger partial charge in [-0.25, -0.2) is 0 Å². The molecular weight excluding hydrogens is 474 g/mol. The minimum Gasteiger partial charge on any atom is -0.407 e. The molecule has 0 aliphatic carbocycles. The Morgan fingerprint density at radius 1 is 0.906 bits per heavy atom. The van der Waals surface area contributed by atoms with Crippen LogP contribution in [0.25, 0.3) is 0 Å². The second-order valence-corrected chi connectivity index (χ2v) is 12.8. The maximum atomic E-state index is 6.75. The minimum atomic E-state index is -1.27. The summed E-state index contributed by atoms with van der Waals surface area (Å²) in [6, 6.07) is 29.0. The molecule has 1 radical (unpaired) electrons. The molecule has 2 unspecified atom stereocenters. The van der Waals surface area contributed by atoms with Crippen molar-refractivity contribution >= 4 is 35.3 Å². The van der Waals surface area contributed by atoms with Gasteiger partial charge in [0.1, 0.15) is 0 Å². The van der Waals surface area contributed by atoms with Crippen LogP contribution in [0.15, 0.2) is 83.3 Å². The van der Waals surface area contributed by atoms with Crippen molar-refractivity contribution in [3.63, 3.8) is 0 Å². The number of hydrogen-bond donors (Lipinski definition) is 1. The largest absolute Gasteiger partial charge is 0.407 e. The van der Waals surface area contributed by atoms with Crippen molar-refractivity contribution in [1.29, 1.82) is 0 Å². The van der Waals surface area contributed by atoms with Gasteiger partial charge in [0.15, 0.2) is 0 Å². The van der Waals surface area contributed by atoms with Gasteiger partial charge in [-0.05, 0) is 64.4 Å². The van der Waals surface area contributed by atoms with Gasteiger partial charge in [0.05, 0.1) is 0 Å². The third-order valence-electron chi connectivity index (χ3n) is 6.30. The fraction of sp³-hybridized carbons (Fsp3) is 0.357. The van der Waals surface area contributed by atoms with Gasteiger partial charge in [-0.2, -0.15) is 0 Å². The molecule has 1 heterocycles. The first-order valence-corrected chi connectivity index (χ1v) is 13.8. The molecule has 0 aromatic heterocycles. The molecule has 0 bridgehead atoms. The number of halogens is 1. The Kier molecular flexibility index (Phi) is 7.67. The van der Waals surface area contributed by atoms with Crippen molar-refractivity contribution in [1.82, 2.24) is 5.32 Å². The van der Waals surface area contributed by atoms with Gasteiger partial charge < -0.3 is 9.74 Å². The van der Waals surface area contributed by atoms with Gasteiger partial charge in [0.25, 0.3) is 9.04 Å². The minimum absolute atomic E-state index is 0.163. The highest BCUT2D eigenvalue weighted by Crippen LogP contribution is 2.28. The zero-order valence-electron chi connectivity index (χ0n) is 19.3. The molecule has 32 heavy (non-hydrogen) atoms. The summed E-state index contributed by atoms with van der Waals surface area (Å²) in [7, 11) is -1.27. The van der Waals surface area contributed by atoms with Crippen molar-refractivity contribution in [2.45, 2.75) is 45.1 Å². The van der Waals surface area contributed by atoms with Crippen molar-refractivity contribution in [3.05, 3.63) is 94.5 Å². The molecule has 1 aliphatic rings. The monoisotopic (exact) mass is 506 g/mol. The van der Waals surface area contributed by atoms with E-state index in [0.29, 0.717) is 12.0 Å². The number of piperidine rings is 1. The molecule has 1 aliphatic heterocycles. The van der Waals surface area contributed by atoms with Crippen LogP contribution in [0.5, 0.6) is 0 Å². The third kappa shape index (κ3) is 5.99. The fourth-order valence-electron chi connectivity index (χ4n) is 4.34. The first-order chi connectivity index (χ1) is 15.4. The van der Waals surface area contributed by atoms with Crippen LogP contribution in [-0.2, 0) is 9.84 Å². The third-order valence-corrected chi connectivity index (χ3v) is 9.00. The van der Waals surface area contributed by atoms with Crippen molar-refractivity contribution in [2.75, 3.05) is 13.2 Å². The Labute approximate surface area is 203 Å². The first kappa shape index (κ1) is 23.4. The summed E-state index contributed by atoms with van der Waals surface area (Å²) in [5.74, 6) is 0.572. The number of rotatable bonds is 6. The Morgan fingerprint density at radius 2 is 1.56 bits per heavy atom. The summed E-state index contributed by atoms with van der Waals surface area (Å²) in [5, 5.41) is 6.34. The lowest BCUT2D eigenvalue weighted by Gasteiger charge is -2.31. The highest BCUT2D eigenvalue weighted by molar-refractivity contribution is 9.10. The molecule has 167 valence electrons. The van der Waals surface area contributed by atoms with Gasteiger partial charge in [0.2, 0.25) is 0 Å². The predicted octanol–water partition coefficient (Wildman–Crippen LogP) is 5.61. The van der Waals surface area contributed by atoms with E-state index in [0.717, 1.165) is 24.0 Å². The normalized spacial score (nSPS) is 19.3. The average Bonchev–Trinajstić information content (AvgIpc) is 2.80. The summed E-state index contributed by atoms with van der Waals surface area (Å²) in [6.07, 6.45) is 2.29. The van der Waals surface area contributed by atoms with E-state index in [1.807, 2.05) is 0 Å². The Balaban J connectivity index is 1.47. The van der Waals surface area contributed by atoms with Gasteiger partial charge in [-0.3, -0.25) is 0 Å². The molecule has 0 spiro atoms. The number of nitrogens with one attached hydrogen (secondary N) is 1. The Hall–Kier alpha value is -1.72. The molecule has 4 rings (SSSR count). The second-order valence-electron chi connectivity index (χ2n) is 9.78. The van der Waals surface area contributed by atoms with E-state index in [4.69, 9.17) is 4.43 Å². The van der Waals surface area contributed by atoms with Crippen LogP contribution in [0.4, 0.5) is 0 Å². The molecule has 3 aromatic carbocycles. The van der Waals surface area contributed by atoms with Gasteiger partial charge in [-0.1, -0.05) is 103 Å². The van der Waals surface area contributed by atoms with Crippen LogP contribution in [0.2, 0.25) is 0 Å². The molecule has 0 amide bonds. The zero-order valence-corrected chi connectivity index (χ0v) is 21.9. The van der Waals surface area contributed by atoms with E-state index in [2.05, 4.69) is 121 Å². The van der Waals surface area contributed by atoms with Gasteiger partial charge in [0, 0.05) is 17.1 Å². The molecular formula is C28H33BrNOSi. The standard InChI is InChI=1S/C28H33BrNOSi/c1-28(2,3)23-11-15-26(16-12-23)32(25-7-5-4-6-8-25)31-20-21-17-18-30-27(19-21)22-9-13-24(29)14-10-22/h4-16,21,27,30H,17-20H2,1-3H3. The van der Waals surface area contributed by atoms with Crippen LogP contribution < -0.4 is 15.7 Å². The summed E-state index contributed by atoms with van der Waals surface area (Å²) in [6.45, 7) is 8.66. The van der Waals surface area contributed by atoms with Crippen LogP contribution in [0, 0.1) is 5.92 Å². The molecule has 1 fully saturated rings. The molecule has 3 aromatic rings. The molecule has 1 N–H and O–H groups in total. The summed E-state index contributed by atoms with van der Waals surface area (Å²) in [5.41, 5.74) is 2.89. The maximum Gasteiger partial charge on any atom is 0.282 e. The van der Waals surface area contributed by atoms with E-state index in [1.165, 1.54) is 27.9 Å². The molecule has 4 heteroatoms. The predicted molar refractivity (Wildman–Crippen MR) is 140 cm³/mol. The summed E-state index contributed by atoms with van der Waals surface area (Å²) >= 11 is 3.54. The average molecular weight is 508 g/mol. The maximum absolute atomic E-state index is 6.75. The molecule has 2 atom stereocenters. The van der Waals surface area contributed by atoms with Crippen LogP contribution in [0.3, 0.4) is 0 Å². The van der Waals surface area contributed by atoms with Crippen LogP contribution >= 0.6 is 15.9 Å². The van der Waals surface area contributed by atoms with Crippen molar-refractivity contribution in [2.24, 2.45) is 5.92 Å². The van der Waals surface area contributed by atoms with Crippen LogP contribution in [-0.4, -0.2) is 22.2 Å². The fourth-order valence-corrected chi connectivity index (χ4v) is 6.64. The lowest BCUT2D eigenvalue weighted by molar-refractivity contribution is 0.197. The quantitative estimate of drug-likeness (QED) is 0.438. The van der Waals surface area contributed by atoms with Crippen molar-refractivity contribution in [3.8, 4) is 0 Å². The Bertz CT molecular complexity index is 983. The first-order valence-electron chi connectivity index (χ1n) is 11.5. The van der Waals surface area contributed by atoms with Gasteiger partial charge in [-0.15, -0.1) is 0 Å². The topological polar surface area (TPSA) is 21.3 Å². The number of hydrogen-bond acceptors (Lipinski definition) is 2. The van der Waals surface area contributed by atoms with Crippen molar-refractivity contribution < 1.29 is 4.43 Å². The molecule has 2 nitrogen and oxygen atoms in total. The van der Waals surface area contributed by atoms with Crippen LogP contribution in [0.1, 0.15) is 50.8 Å². The zero-order chi connectivity index (χ0) is 22.6. The lowest BCUT2D eigenvalue weighted by atomic mass is 9.87. The second kappa shape index (κ2) is 10.5. The molecule has 0 saturated carbocycles. The smallest absolute Gasteiger partial charge is 0.282 e.